The summed E-state index contributed by atoms with van der Waals surface area (Å²) in [6.07, 6.45) is -0.0170. The molecule has 0 amide bonds. The molecule has 0 aromatic heterocycles. The fourth-order valence-corrected chi connectivity index (χ4v) is 2.08. The Morgan fingerprint density at radius 2 is 2.24 bits per heavy atom. The number of phenols is 1. The number of rotatable bonds is 3. The Kier molecular flexibility index (Phi) is 6.85. The summed E-state index contributed by atoms with van der Waals surface area (Å²) in [6, 6.07) is 2.42. The topological polar surface area (TPSA) is 72.5 Å². The van der Waals surface area contributed by atoms with Gasteiger partial charge in [-0.15, -0.1) is 12.4 Å². The Hall–Kier alpha value is -0.490. The predicted molar refractivity (Wildman–Crippen MR) is 71.6 cm³/mol. The van der Waals surface area contributed by atoms with Crippen LogP contribution in [0.15, 0.2) is 16.6 Å². The molecule has 1 atom stereocenters. The first kappa shape index (κ1) is 16.5. The lowest BCUT2D eigenvalue weighted by molar-refractivity contribution is -0.141. The zero-order valence-electron chi connectivity index (χ0n) is 8.94. The molecule has 0 saturated carbocycles. The molecule has 0 aliphatic carbocycles. The zero-order valence-corrected chi connectivity index (χ0v) is 12.1. The van der Waals surface area contributed by atoms with Gasteiger partial charge < -0.3 is 15.6 Å². The number of benzene rings is 1. The first-order valence-electron chi connectivity index (χ1n) is 4.46. The molecule has 0 bridgehead atoms. The van der Waals surface area contributed by atoms with Crippen LogP contribution in [-0.4, -0.2) is 18.2 Å². The van der Waals surface area contributed by atoms with Gasteiger partial charge in [-0.05, 0) is 28.1 Å². The molecule has 1 rings (SSSR count). The highest BCUT2D eigenvalue weighted by atomic mass is 79.9. The van der Waals surface area contributed by atoms with E-state index < -0.39 is 12.0 Å². The first-order chi connectivity index (χ1) is 7.45. The van der Waals surface area contributed by atoms with Crippen LogP contribution in [-0.2, 0) is 9.53 Å². The molecule has 7 heteroatoms. The van der Waals surface area contributed by atoms with Gasteiger partial charge in [0.05, 0.1) is 18.0 Å². The van der Waals surface area contributed by atoms with E-state index in [1.165, 1.54) is 13.2 Å². The van der Waals surface area contributed by atoms with Crippen molar-refractivity contribution >= 4 is 45.9 Å². The summed E-state index contributed by atoms with van der Waals surface area (Å²) in [5.74, 6) is -0.455. The van der Waals surface area contributed by atoms with Crippen molar-refractivity contribution in [1.29, 1.82) is 0 Å². The average Bonchev–Trinajstić information content (AvgIpc) is 2.22. The molecule has 96 valence electrons. The van der Waals surface area contributed by atoms with Gasteiger partial charge in [-0.25, -0.2) is 0 Å². The van der Waals surface area contributed by atoms with Crippen molar-refractivity contribution in [3.63, 3.8) is 0 Å². The second-order valence-electron chi connectivity index (χ2n) is 3.21. The standard InChI is InChI=1S/C10H11BrClNO3.ClH/c1-16-9(14)4-8(13)6-2-5(12)3-7(11)10(6)15;/h2-3,8,15H,4,13H2,1H3;1H/t8-;/m0./s1. The number of hydrogen-bond donors (Lipinski definition) is 2. The van der Waals surface area contributed by atoms with Crippen LogP contribution in [0.4, 0.5) is 0 Å². The number of hydrogen-bond acceptors (Lipinski definition) is 4. The molecule has 0 aliphatic heterocycles. The van der Waals surface area contributed by atoms with Crippen LogP contribution >= 0.6 is 39.9 Å². The maximum Gasteiger partial charge on any atom is 0.307 e. The molecular weight excluding hydrogens is 333 g/mol. The number of halogens is 3. The van der Waals surface area contributed by atoms with E-state index in [2.05, 4.69) is 20.7 Å². The molecule has 0 aliphatic rings. The van der Waals surface area contributed by atoms with E-state index in [1.807, 2.05) is 0 Å². The molecule has 0 radical (unpaired) electrons. The monoisotopic (exact) mass is 343 g/mol. The number of ether oxygens (including phenoxy) is 1. The van der Waals surface area contributed by atoms with Gasteiger partial charge in [0.15, 0.2) is 0 Å². The van der Waals surface area contributed by atoms with Crippen LogP contribution in [0.25, 0.3) is 0 Å². The van der Waals surface area contributed by atoms with Gasteiger partial charge in [-0.3, -0.25) is 4.79 Å². The fourth-order valence-electron chi connectivity index (χ4n) is 1.24. The Bertz CT molecular complexity index is 415. The van der Waals surface area contributed by atoms with Crippen LogP contribution in [0.3, 0.4) is 0 Å². The van der Waals surface area contributed by atoms with Crippen molar-refractivity contribution in [1.82, 2.24) is 0 Å². The van der Waals surface area contributed by atoms with Gasteiger partial charge in [0.2, 0.25) is 0 Å². The van der Waals surface area contributed by atoms with Crippen LogP contribution in [0.1, 0.15) is 18.0 Å². The van der Waals surface area contributed by atoms with E-state index in [0.29, 0.717) is 15.1 Å². The highest BCUT2D eigenvalue weighted by molar-refractivity contribution is 9.10. The lowest BCUT2D eigenvalue weighted by Gasteiger charge is -2.13. The predicted octanol–water partition coefficient (Wildman–Crippen LogP) is 2.79. The first-order valence-corrected chi connectivity index (χ1v) is 5.63. The molecule has 1 aromatic carbocycles. The number of esters is 1. The molecule has 17 heavy (non-hydrogen) atoms. The Balaban J connectivity index is 0.00000256. The summed E-state index contributed by atoms with van der Waals surface area (Å²) in [7, 11) is 1.28. The quantitative estimate of drug-likeness (QED) is 0.827. The number of nitrogens with two attached hydrogens (primary N) is 1. The van der Waals surface area contributed by atoms with Crippen molar-refractivity contribution < 1.29 is 14.6 Å². The normalized spacial score (nSPS) is 11.5. The third kappa shape index (κ3) is 4.35. The largest absolute Gasteiger partial charge is 0.506 e. The smallest absolute Gasteiger partial charge is 0.307 e. The second kappa shape index (κ2) is 7.06. The van der Waals surface area contributed by atoms with Gasteiger partial charge >= 0.3 is 5.97 Å². The summed E-state index contributed by atoms with van der Waals surface area (Å²) in [5, 5.41) is 10.2. The maximum atomic E-state index is 11.0. The fraction of sp³-hybridized carbons (Fsp3) is 0.300. The summed E-state index contributed by atoms with van der Waals surface area (Å²) < 4.78 is 4.94. The van der Waals surface area contributed by atoms with E-state index in [-0.39, 0.29) is 24.6 Å². The highest BCUT2D eigenvalue weighted by Gasteiger charge is 2.17. The average molecular weight is 345 g/mol. The highest BCUT2D eigenvalue weighted by Crippen LogP contribution is 2.35. The van der Waals surface area contributed by atoms with Crippen molar-refractivity contribution in [3.05, 3.63) is 27.2 Å². The van der Waals surface area contributed by atoms with Gasteiger partial charge in [0, 0.05) is 16.6 Å². The third-order valence-electron chi connectivity index (χ3n) is 2.07. The Morgan fingerprint density at radius 3 is 2.76 bits per heavy atom. The van der Waals surface area contributed by atoms with E-state index in [4.69, 9.17) is 17.3 Å². The van der Waals surface area contributed by atoms with Crippen LogP contribution in [0.5, 0.6) is 5.75 Å². The molecular formula is C10H12BrCl2NO3. The van der Waals surface area contributed by atoms with Gasteiger partial charge in [0.1, 0.15) is 5.75 Å². The second-order valence-corrected chi connectivity index (χ2v) is 4.50. The molecule has 0 unspecified atom stereocenters. The van der Waals surface area contributed by atoms with Crippen molar-refractivity contribution in [3.8, 4) is 5.75 Å². The maximum absolute atomic E-state index is 11.0. The van der Waals surface area contributed by atoms with Crippen LogP contribution in [0, 0.1) is 0 Å². The Morgan fingerprint density at radius 1 is 1.65 bits per heavy atom. The minimum Gasteiger partial charge on any atom is -0.506 e. The molecule has 3 N–H and O–H groups in total. The summed E-state index contributed by atoms with van der Waals surface area (Å²) in [5.41, 5.74) is 6.18. The van der Waals surface area contributed by atoms with Gasteiger partial charge in [-0.1, -0.05) is 11.6 Å². The third-order valence-corrected chi connectivity index (χ3v) is 2.89. The molecule has 0 saturated heterocycles. The minimum atomic E-state index is -0.651. The van der Waals surface area contributed by atoms with E-state index in [0.717, 1.165) is 0 Å². The van der Waals surface area contributed by atoms with Crippen LogP contribution < -0.4 is 5.73 Å². The zero-order chi connectivity index (χ0) is 12.3. The van der Waals surface area contributed by atoms with Gasteiger partial charge in [-0.2, -0.15) is 0 Å². The number of phenolic OH excluding ortho intramolecular Hbond substituents is 1. The molecule has 0 spiro atoms. The van der Waals surface area contributed by atoms with E-state index in [1.54, 1.807) is 6.07 Å². The number of aromatic hydroxyl groups is 1. The van der Waals surface area contributed by atoms with Crippen molar-refractivity contribution in [2.75, 3.05) is 7.11 Å². The lowest BCUT2D eigenvalue weighted by atomic mass is 10.0. The minimum absolute atomic E-state index is 0. The Labute approximate surface area is 119 Å². The molecule has 0 heterocycles. The van der Waals surface area contributed by atoms with Crippen molar-refractivity contribution in [2.24, 2.45) is 5.73 Å². The SMILES string of the molecule is COC(=O)C[C@H](N)c1cc(Cl)cc(Br)c1O.Cl. The summed E-state index contributed by atoms with van der Waals surface area (Å²) >= 11 is 8.97. The molecule has 0 fully saturated rings. The summed E-state index contributed by atoms with van der Waals surface area (Å²) in [4.78, 5) is 11.0. The number of carbonyl (C=O) groups excluding carboxylic acids is 1. The molecule has 4 nitrogen and oxygen atoms in total. The van der Waals surface area contributed by atoms with Gasteiger partial charge in [0.25, 0.3) is 0 Å². The van der Waals surface area contributed by atoms with Crippen molar-refractivity contribution in [2.45, 2.75) is 12.5 Å². The number of methoxy groups -OCH3 is 1. The summed E-state index contributed by atoms with van der Waals surface area (Å²) in [6.45, 7) is 0. The lowest BCUT2D eigenvalue weighted by Crippen LogP contribution is -2.16. The van der Waals surface area contributed by atoms with E-state index in [9.17, 15) is 9.90 Å². The van der Waals surface area contributed by atoms with E-state index >= 15 is 0 Å². The number of carbonyl (C=O) groups is 1. The van der Waals surface area contributed by atoms with Crippen LogP contribution in [0.2, 0.25) is 5.02 Å². The molecule has 1 aromatic rings.